The van der Waals surface area contributed by atoms with Crippen molar-refractivity contribution >= 4 is 0 Å². The number of aliphatic hydroxyl groups is 1. The normalized spacial score (nSPS) is 30.6. The molecule has 0 saturated heterocycles. The fourth-order valence-electron chi connectivity index (χ4n) is 2.48. The van der Waals surface area contributed by atoms with Crippen molar-refractivity contribution in [1.82, 2.24) is 9.78 Å². The zero-order chi connectivity index (χ0) is 11.1. The molecule has 1 aliphatic rings. The Morgan fingerprint density at radius 3 is 2.73 bits per heavy atom. The second-order valence-corrected chi connectivity index (χ2v) is 5.30. The number of nitrogens with zero attached hydrogens (tertiary/aromatic N) is 2. The smallest absolute Gasteiger partial charge is 0.0708 e. The molecule has 1 aliphatic carbocycles. The van der Waals surface area contributed by atoms with Crippen LogP contribution in [-0.2, 0) is 6.42 Å². The fourth-order valence-corrected chi connectivity index (χ4v) is 2.48. The standard InChI is InChI=1S/C12H20N2O/c1-9(2)14-5-4-11(13-14)8-12(15)6-10(3)7-12/h4-5,9-10,15H,6-8H2,1-3H3. The van der Waals surface area contributed by atoms with Crippen molar-refractivity contribution in [2.45, 2.75) is 51.7 Å². The molecule has 0 radical (unpaired) electrons. The number of rotatable bonds is 3. The lowest BCUT2D eigenvalue weighted by Crippen LogP contribution is -2.44. The number of aromatic nitrogens is 2. The largest absolute Gasteiger partial charge is 0.389 e. The first-order valence-electron chi connectivity index (χ1n) is 5.75. The molecule has 1 aromatic heterocycles. The number of hydrogen-bond acceptors (Lipinski definition) is 2. The topological polar surface area (TPSA) is 38.0 Å². The highest BCUT2D eigenvalue weighted by molar-refractivity contribution is 5.07. The molecule has 0 unspecified atom stereocenters. The molecule has 3 heteroatoms. The van der Waals surface area contributed by atoms with E-state index in [2.05, 4.69) is 25.9 Å². The summed E-state index contributed by atoms with van der Waals surface area (Å²) in [4.78, 5) is 0. The maximum atomic E-state index is 10.1. The first-order valence-corrected chi connectivity index (χ1v) is 5.75. The van der Waals surface area contributed by atoms with Crippen LogP contribution >= 0.6 is 0 Å². The zero-order valence-electron chi connectivity index (χ0n) is 9.77. The minimum Gasteiger partial charge on any atom is -0.389 e. The third-order valence-corrected chi connectivity index (χ3v) is 3.16. The van der Waals surface area contributed by atoms with Crippen LogP contribution in [0.25, 0.3) is 0 Å². The van der Waals surface area contributed by atoms with Gasteiger partial charge >= 0.3 is 0 Å². The van der Waals surface area contributed by atoms with E-state index in [-0.39, 0.29) is 0 Å². The van der Waals surface area contributed by atoms with Crippen molar-refractivity contribution in [3.63, 3.8) is 0 Å². The van der Waals surface area contributed by atoms with E-state index in [1.165, 1.54) is 0 Å². The predicted octanol–water partition coefficient (Wildman–Crippen LogP) is 2.17. The summed E-state index contributed by atoms with van der Waals surface area (Å²) in [6.07, 6.45) is 4.53. The molecule has 3 nitrogen and oxygen atoms in total. The molecule has 15 heavy (non-hydrogen) atoms. The van der Waals surface area contributed by atoms with Gasteiger partial charge in [0.2, 0.25) is 0 Å². The van der Waals surface area contributed by atoms with Gasteiger partial charge < -0.3 is 5.11 Å². The van der Waals surface area contributed by atoms with E-state index in [1.54, 1.807) is 0 Å². The monoisotopic (exact) mass is 208 g/mol. The summed E-state index contributed by atoms with van der Waals surface area (Å²) >= 11 is 0. The molecule has 1 saturated carbocycles. The van der Waals surface area contributed by atoms with Gasteiger partial charge in [0.1, 0.15) is 0 Å². The molecular weight excluding hydrogens is 188 g/mol. The predicted molar refractivity (Wildman–Crippen MR) is 59.7 cm³/mol. The van der Waals surface area contributed by atoms with E-state index >= 15 is 0 Å². The molecule has 0 bridgehead atoms. The summed E-state index contributed by atoms with van der Waals surface area (Å²) in [5.41, 5.74) is 0.536. The van der Waals surface area contributed by atoms with Gasteiger partial charge in [0.25, 0.3) is 0 Å². The van der Waals surface area contributed by atoms with Crippen LogP contribution in [0.4, 0.5) is 0 Å². The quantitative estimate of drug-likeness (QED) is 0.826. The zero-order valence-corrected chi connectivity index (χ0v) is 9.77. The van der Waals surface area contributed by atoms with Crippen molar-refractivity contribution in [1.29, 1.82) is 0 Å². The fraction of sp³-hybridized carbons (Fsp3) is 0.750. The Labute approximate surface area is 91.1 Å². The summed E-state index contributed by atoms with van der Waals surface area (Å²) in [6, 6.07) is 2.41. The van der Waals surface area contributed by atoms with E-state index in [1.807, 2.05) is 16.9 Å². The van der Waals surface area contributed by atoms with Crippen LogP contribution in [0.2, 0.25) is 0 Å². The molecule has 0 atom stereocenters. The van der Waals surface area contributed by atoms with E-state index in [9.17, 15) is 5.11 Å². The van der Waals surface area contributed by atoms with E-state index < -0.39 is 5.60 Å². The molecule has 1 heterocycles. The Morgan fingerprint density at radius 1 is 1.60 bits per heavy atom. The van der Waals surface area contributed by atoms with Crippen molar-refractivity contribution < 1.29 is 5.11 Å². The van der Waals surface area contributed by atoms with Gasteiger partial charge in [-0.2, -0.15) is 5.10 Å². The molecule has 1 fully saturated rings. The van der Waals surface area contributed by atoms with Gasteiger partial charge in [-0.1, -0.05) is 6.92 Å². The van der Waals surface area contributed by atoms with Crippen molar-refractivity contribution in [3.05, 3.63) is 18.0 Å². The Hall–Kier alpha value is -0.830. The van der Waals surface area contributed by atoms with Crippen LogP contribution in [0, 0.1) is 5.92 Å². The highest BCUT2D eigenvalue weighted by Gasteiger charge is 2.40. The molecule has 1 N–H and O–H groups in total. The first-order chi connectivity index (χ1) is 6.98. The maximum absolute atomic E-state index is 10.1. The lowest BCUT2D eigenvalue weighted by atomic mass is 9.70. The van der Waals surface area contributed by atoms with Gasteiger partial charge in [0, 0.05) is 18.7 Å². The Kier molecular flexibility index (Phi) is 2.59. The Bertz CT molecular complexity index is 337. The molecular formula is C12H20N2O. The van der Waals surface area contributed by atoms with Gasteiger partial charge in [-0.3, -0.25) is 4.68 Å². The summed E-state index contributed by atoms with van der Waals surface area (Å²) in [5.74, 6) is 0.669. The summed E-state index contributed by atoms with van der Waals surface area (Å²) in [6.45, 7) is 6.40. The van der Waals surface area contributed by atoms with Gasteiger partial charge in [0.15, 0.2) is 0 Å². The van der Waals surface area contributed by atoms with Crippen LogP contribution in [-0.4, -0.2) is 20.5 Å². The Balaban J connectivity index is 1.99. The SMILES string of the molecule is CC1CC(O)(Cc2ccn(C(C)C)n2)C1. The Morgan fingerprint density at radius 2 is 2.27 bits per heavy atom. The van der Waals surface area contributed by atoms with Crippen molar-refractivity contribution in [2.75, 3.05) is 0 Å². The lowest BCUT2D eigenvalue weighted by molar-refractivity contribution is -0.0673. The second kappa shape index (κ2) is 3.63. The van der Waals surface area contributed by atoms with Crippen LogP contribution in [0.3, 0.4) is 0 Å². The first kappa shape index (κ1) is 10.7. The third kappa shape index (κ3) is 2.23. The minimum absolute atomic E-state index is 0.397. The van der Waals surface area contributed by atoms with E-state index in [4.69, 9.17) is 0 Å². The molecule has 2 rings (SSSR count). The summed E-state index contributed by atoms with van der Waals surface area (Å²) in [7, 11) is 0. The maximum Gasteiger partial charge on any atom is 0.0708 e. The summed E-state index contributed by atoms with van der Waals surface area (Å²) in [5, 5.41) is 14.6. The van der Waals surface area contributed by atoms with Gasteiger partial charge in [-0.15, -0.1) is 0 Å². The van der Waals surface area contributed by atoms with E-state index in [0.29, 0.717) is 18.4 Å². The average molecular weight is 208 g/mol. The van der Waals surface area contributed by atoms with Gasteiger partial charge in [-0.25, -0.2) is 0 Å². The second-order valence-electron chi connectivity index (χ2n) is 5.30. The van der Waals surface area contributed by atoms with Crippen LogP contribution in [0.1, 0.15) is 45.3 Å². The minimum atomic E-state index is -0.477. The van der Waals surface area contributed by atoms with Gasteiger partial charge in [-0.05, 0) is 38.7 Å². The van der Waals surface area contributed by atoms with Crippen LogP contribution < -0.4 is 0 Å². The molecule has 1 aromatic rings. The van der Waals surface area contributed by atoms with E-state index in [0.717, 1.165) is 18.5 Å². The van der Waals surface area contributed by atoms with Crippen LogP contribution in [0.15, 0.2) is 12.3 Å². The van der Waals surface area contributed by atoms with Gasteiger partial charge in [0.05, 0.1) is 11.3 Å². The average Bonchev–Trinajstić information content (AvgIpc) is 2.49. The number of hydrogen-bond donors (Lipinski definition) is 1. The molecule has 0 aromatic carbocycles. The molecule has 0 spiro atoms. The van der Waals surface area contributed by atoms with Crippen molar-refractivity contribution in [2.24, 2.45) is 5.92 Å². The summed E-state index contributed by atoms with van der Waals surface area (Å²) < 4.78 is 1.95. The third-order valence-electron chi connectivity index (χ3n) is 3.16. The van der Waals surface area contributed by atoms with Crippen molar-refractivity contribution in [3.8, 4) is 0 Å². The molecule has 84 valence electrons. The lowest BCUT2D eigenvalue weighted by Gasteiger charge is -2.41. The molecule has 0 amide bonds. The molecule has 0 aliphatic heterocycles. The highest BCUT2D eigenvalue weighted by atomic mass is 16.3. The highest BCUT2D eigenvalue weighted by Crippen LogP contribution is 2.39. The van der Waals surface area contributed by atoms with Crippen LogP contribution in [0.5, 0.6) is 0 Å².